The van der Waals surface area contributed by atoms with Gasteiger partial charge in [-0.15, -0.1) is 34.0 Å². The van der Waals surface area contributed by atoms with E-state index in [0.29, 0.717) is 13.0 Å². The number of nitrogens with one attached hydrogen (secondary N) is 6. The Hall–Kier alpha value is -7.81. The van der Waals surface area contributed by atoms with Crippen LogP contribution in [0.3, 0.4) is 0 Å². The smallest absolute Gasteiger partial charge is 0.246 e. The zero-order chi connectivity index (χ0) is 81.6. The van der Waals surface area contributed by atoms with Crippen LogP contribution in [0.25, 0.3) is 31.3 Å². The van der Waals surface area contributed by atoms with Crippen LogP contribution in [0.2, 0.25) is 0 Å². The molecule has 0 aliphatic carbocycles. The van der Waals surface area contributed by atoms with E-state index in [4.69, 9.17) is 0 Å². The van der Waals surface area contributed by atoms with E-state index in [2.05, 4.69) is 78.9 Å². The first-order valence-electron chi connectivity index (χ1n) is 38.2. The Kier molecular flexibility index (Phi) is 35.9. The fourth-order valence-corrected chi connectivity index (χ4v) is 15.9. The zero-order valence-electron chi connectivity index (χ0n) is 69.0. The third-order valence-electron chi connectivity index (χ3n) is 19.1. The molecule has 596 valence electrons. The molecule has 3 aromatic carbocycles. The monoisotopic (exact) mass is 1550 g/mol. The Morgan fingerprint density at radius 2 is 0.787 bits per heavy atom. The molecule has 3 saturated heterocycles. The second kappa shape index (κ2) is 41.8. The molecule has 8 amide bonds. The first-order chi connectivity index (χ1) is 50.7. The minimum absolute atomic E-state index is 0.0559. The van der Waals surface area contributed by atoms with Crippen molar-refractivity contribution in [3.8, 4) is 31.3 Å². The number of amides is 8. The molecule has 9 rings (SSSR count). The average molecular weight is 1550 g/mol. The zero-order valence-corrected chi connectivity index (χ0v) is 71.5. The van der Waals surface area contributed by atoms with Crippen molar-refractivity contribution in [2.24, 2.45) is 22.2 Å². The molecule has 25 heteroatoms. The van der Waals surface area contributed by atoms with E-state index in [-0.39, 0.29) is 103 Å². The van der Waals surface area contributed by atoms with Gasteiger partial charge in [0.1, 0.15) is 30.2 Å². The summed E-state index contributed by atoms with van der Waals surface area (Å²) >= 11 is 4.82. The summed E-state index contributed by atoms with van der Waals surface area (Å²) in [6, 6.07) is 17.7. The first kappa shape index (κ1) is 92.6. The fourth-order valence-electron chi connectivity index (χ4n) is 13.5. The summed E-state index contributed by atoms with van der Waals surface area (Å²) in [4.78, 5) is 124. The molecule has 12 atom stereocenters. The van der Waals surface area contributed by atoms with E-state index in [1.165, 1.54) is 29.2 Å². The van der Waals surface area contributed by atoms with Gasteiger partial charge in [-0.2, -0.15) is 0 Å². The molecule has 108 heavy (non-hydrogen) atoms. The molecule has 3 fully saturated rings. The SMILES string of the molecule is CC.CC.CC.CC(=O)N[C@H](C(=O)N1C[C@H](O)C[C@H]1C(=O)N[C@@H](C)c1ccc(-c2scnc2C)cc1)C(C)(C)C.CCc1cc(-c2scnc2C)ccc1[C@H](C)NC(=O)C1C[C@@H](C)CN1C(=O)[C@@H](NC(C)=O)C(C)(C)C.CN[C@H](C(=O)N1C[C@H](O)C[C@H]1C(=O)N[C@@H](C)c1ccc(-c2scnc2C)cc1)C(C)(C)C. The van der Waals surface area contributed by atoms with Crippen molar-refractivity contribution in [1.29, 1.82) is 0 Å². The molecule has 0 bridgehead atoms. The number of likely N-dealkylation sites (N-methyl/N-ethyl adjacent to an activating group) is 1. The number of thiazole rings is 3. The summed E-state index contributed by atoms with van der Waals surface area (Å²) in [6.07, 6.45) is 0.348. The van der Waals surface area contributed by atoms with Crippen LogP contribution in [-0.4, -0.2) is 162 Å². The van der Waals surface area contributed by atoms with Gasteiger partial charge in [0.25, 0.3) is 0 Å². The molecule has 22 nitrogen and oxygen atoms in total. The molecule has 6 aromatic rings. The Bertz CT molecular complexity index is 3910. The summed E-state index contributed by atoms with van der Waals surface area (Å²) in [5, 5.41) is 38.3. The lowest BCUT2D eigenvalue weighted by Crippen LogP contribution is -2.57. The number of benzene rings is 3. The molecule has 3 aliphatic rings. The number of aromatic nitrogens is 3. The van der Waals surface area contributed by atoms with Gasteiger partial charge >= 0.3 is 0 Å². The quantitative estimate of drug-likeness (QED) is 0.0374. The van der Waals surface area contributed by atoms with Gasteiger partial charge < -0.3 is 56.8 Å². The van der Waals surface area contributed by atoms with Crippen LogP contribution < -0.4 is 31.9 Å². The second-order valence-electron chi connectivity index (χ2n) is 30.7. The number of carbonyl (C=O) groups is 8. The summed E-state index contributed by atoms with van der Waals surface area (Å²) in [5.41, 5.74) is 14.7. The van der Waals surface area contributed by atoms with Crippen LogP contribution in [0, 0.1) is 42.9 Å². The van der Waals surface area contributed by atoms with Crippen molar-refractivity contribution < 1.29 is 48.6 Å². The number of aliphatic hydroxyl groups is 2. The van der Waals surface area contributed by atoms with Gasteiger partial charge in [0.05, 0.1) is 84.6 Å². The topological polar surface area (TPSA) is 298 Å². The average Bonchev–Trinajstić information content (AvgIpc) is 1.59. The first-order valence-corrected chi connectivity index (χ1v) is 40.8. The largest absolute Gasteiger partial charge is 0.391 e. The minimum atomic E-state index is -0.803. The highest BCUT2D eigenvalue weighted by molar-refractivity contribution is 7.14. The number of β-amino-alcohol motifs (C(OH)–C–C–N with tert-alkyl or cyclic N) is 2. The van der Waals surface area contributed by atoms with Gasteiger partial charge in [-0.3, -0.25) is 38.4 Å². The lowest BCUT2D eigenvalue weighted by atomic mass is 9.85. The maximum absolute atomic E-state index is 13.5. The van der Waals surface area contributed by atoms with Crippen LogP contribution in [0.5, 0.6) is 0 Å². The molecule has 8 N–H and O–H groups in total. The van der Waals surface area contributed by atoms with E-state index >= 15 is 0 Å². The number of carbonyl (C=O) groups excluding carboxylic acids is 8. The molecule has 1 unspecified atom stereocenters. The van der Waals surface area contributed by atoms with E-state index < -0.39 is 59.3 Å². The number of aliphatic hydroxyl groups excluding tert-OH is 2. The standard InChI is InChI=1S/C28H40N4O3S.C25H34N4O4S.C24H34N4O3S.3C2H6/c1-9-20-13-21(24-18(4)29-15-36-24)10-11-22(20)17(3)30-26(34)23-12-16(2)14-32(23)27(35)25(28(6,7)8)31-19(5)33;1-14(17-7-9-18(10-8-17)21-15(2)26-13-34-21)27-23(32)20-11-19(31)12-29(20)24(33)22(25(4,5)6)28-16(3)30;1-14(16-7-9-17(10-8-16)20-15(2)26-13-32-20)27-22(30)19-11-18(29)12-28(19)23(31)21(25-6)24(3,4)5;3*1-2/h10-11,13,15-17,23,25H,9,12,14H2,1-8H3,(H,30,34)(H,31,33);7-10,13-14,19-20,22,31H,11-12H2,1-6H3,(H,27,32)(H,28,30);7-10,13-14,18-19,21,25,29H,11-12H2,1-6H3,(H,27,30);3*1-2H3/t16-,17+,23?,25-;14-,19+,20-,22+;14-,18+,19-,21+;;;/m100.../s1. The predicted octanol–water partition coefficient (Wildman–Crippen LogP) is 13.4. The second-order valence-corrected chi connectivity index (χ2v) is 33.3. The highest BCUT2D eigenvalue weighted by Crippen LogP contribution is 2.36. The number of hydrogen-bond acceptors (Lipinski definition) is 17. The summed E-state index contributed by atoms with van der Waals surface area (Å²) in [7, 11) is 1.74. The van der Waals surface area contributed by atoms with Gasteiger partial charge in [-0.1, -0.05) is 178 Å². The van der Waals surface area contributed by atoms with Crippen molar-refractivity contribution >= 4 is 81.3 Å². The molecular weight excluding hydrogens is 1420 g/mol. The van der Waals surface area contributed by atoms with E-state index in [1.54, 1.807) is 46.0 Å². The lowest BCUT2D eigenvalue weighted by molar-refractivity contribution is -0.144. The molecule has 6 heterocycles. The maximum atomic E-state index is 13.5. The fraction of sp³-hybridized carbons (Fsp3) is 0.578. The number of hydrogen-bond donors (Lipinski definition) is 8. The third kappa shape index (κ3) is 24.9. The molecule has 3 aliphatic heterocycles. The lowest BCUT2D eigenvalue weighted by Gasteiger charge is -2.35. The Morgan fingerprint density at radius 3 is 1.10 bits per heavy atom. The summed E-state index contributed by atoms with van der Waals surface area (Å²) in [6.45, 7) is 48.7. The van der Waals surface area contributed by atoms with Gasteiger partial charge in [0, 0.05) is 46.3 Å². The molecule has 0 saturated carbocycles. The van der Waals surface area contributed by atoms with E-state index in [1.807, 2.05) is 210 Å². The number of rotatable bonds is 19. The van der Waals surface area contributed by atoms with Crippen LogP contribution in [0.15, 0.2) is 83.3 Å². The molecule has 3 aromatic heterocycles. The number of nitrogens with zero attached hydrogens (tertiary/aromatic N) is 6. The van der Waals surface area contributed by atoms with Crippen molar-refractivity contribution in [2.45, 2.75) is 265 Å². The van der Waals surface area contributed by atoms with Crippen LogP contribution in [0.1, 0.15) is 229 Å². The molecular formula is C83H126N12O10S3. The maximum Gasteiger partial charge on any atom is 0.246 e. The van der Waals surface area contributed by atoms with E-state index in [9.17, 15) is 48.6 Å². The van der Waals surface area contributed by atoms with Crippen LogP contribution >= 0.6 is 34.0 Å². The van der Waals surface area contributed by atoms with Gasteiger partial charge in [0.2, 0.25) is 47.3 Å². The number of likely N-dealkylation sites (tertiary alicyclic amines) is 3. The van der Waals surface area contributed by atoms with E-state index in [0.717, 1.165) is 71.5 Å². The highest BCUT2D eigenvalue weighted by atomic mass is 32.1. The number of aryl methyl sites for hydroxylation is 4. The van der Waals surface area contributed by atoms with Crippen molar-refractivity contribution in [3.05, 3.63) is 123 Å². The molecule has 0 radical (unpaired) electrons. The van der Waals surface area contributed by atoms with Crippen molar-refractivity contribution in [2.75, 3.05) is 26.7 Å². The van der Waals surface area contributed by atoms with Crippen LogP contribution in [-0.2, 0) is 44.8 Å². The minimum Gasteiger partial charge on any atom is -0.391 e. The summed E-state index contributed by atoms with van der Waals surface area (Å²) < 4.78 is 0. The Balaban J connectivity index is 0.000000331. The van der Waals surface area contributed by atoms with Crippen LogP contribution in [0.4, 0.5) is 0 Å². The van der Waals surface area contributed by atoms with Crippen molar-refractivity contribution in [3.63, 3.8) is 0 Å². The summed E-state index contributed by atoms with van der Waals surface area (Å²) in [5.74, 6) is -1.82. The predicted molar refractivity (Wildman–Crippen MR) is 438 cm³/mol. The van der Waals surface area contributed by atoms with Gasteiger partial charge in [-0.05, 0) is 129 Å². The van der Waals surface area contributed by atoms with Crippen molar-refractivity contribution in [1.82, 2.24) is 61.6 Å². The van der Waals surface area contributed by atoms with Gasteiger partial charge in [-0.25, -0.2) is 15.0 Å². The Morgan fingerprint density at radius 1 is 0.472 bits per heavy atom. The highest BCUT2D eigenvalue weighted by Gasteiger charge is 2.47. The normalized spacial score (nSPS) is 19.2. The third-order valence-corrected chi connectivity index (χ3v) is 22.0. The van der Waals surface area contributed by atoms with Gasteiger partial charge in [0.15, 0.2) is 0 Å². The molecule has 0 spiro atoms. The Labute approximate surface area is 655 Å².